The van der Waals surface area contributed by atoms with Gasteiger partial charge in [-0.3, -0.25) is 29.5 Å². The number of amides is 3. The van der Waals surface area contributed by atoms with E-state index in [9.17, 15) is 32.3 Å². The van der Waals surface area contributed by atoms with Crippen molar-refractivity contribution in [1.29, 1.82) is 0 Å². The first-order chi connectivity index (χ1) is 15.3. The quantitative estimate of drug-likeness (QED) is 0.102. The lowest BCUT2D eigenvalue weighted by molar-refractivity contribution is -0.167. The van der Waals surface area contributed by atoms with Crippen molar-refractivity contribution in [2.75, 3.05) is 18.4 Å². The maximum absolute atomic E-state index is 12.3. The zero-order valence-corrected chi connectivity index (χ0v) is 17.0. The average Bonchev–Trinajstić information content (AvgIpc) is 3.16. The maximum atomic E-state index is 12.3. The highest BCUT2D eigenvalue weighted by Crippen LogP contribution is 2.22. The molecule has 1 rings (SSSR count). The van der Waals surface area contributed by atoms with Gasteiger partial charge < -0.3 is 37.4 Å². The Bertz CT molecular complexity index is 884. The van der Waals surface area contributed by atoms with Crippen molar-refractivity contribution < 1.29 is 41.9 Å². The topological polar surface area (TPSA) is 241 Å². The molecule has 10 N–H and O–H groups in total. The average molecular weight is 480 g/mol. The predicted octanol–water partition coefficient (Wildman–Crippen LogP) is -1.70. The van der Waals surface area contributed by atoms with Crippen LogP contribution in [-0.2, 0) is 19.2 Å². The van der Waals surface area contributed by atoms with Gasteiger partial charge in [-0.05, 0) is 12.8 Å². The van der Waals surface area contributed by atoms with Crippen LogP contribution < -0.4 is 33.2 Å². The van der Waals surface area contributed by atoms with Crippen molar-refractivity contribution in [3.05, 3.63) is 12.1 Å². The van der Waals surface area contributed by atoms with Gasteiger partial charge in [0.2, 0.25) is 23.6 Å². The summed E-state index contributed by atoms with van der Waals surface area (Å²) in [4.78, 5) is 53.3. The summed E-state index contributed by atoms with van der Waals surface area (Å²) in [5, 5.41) is 14.8. The number of alkyl halides is 3. The molecule has 17 heteroatoms. The van der Waals surface area contributed by atoms with Crippen molar-refractivity contribution in [2.45, 2.75) is 37.5 Å². The molecule has 0 aromatic carbocycles. The lowest BCUT2D eigenvalue weighted by atomic mass is 10.1. The Morgan fingerprint density at radius 1 is 1.24 bits per heavy atom. The van der Waals surface area contributed by atoms with Crippen LogP contribution in [0.4, 0.5) is 19.1 Å². The van der Waals surface area contributed by atoms with Crippen LogP contribution in [-0.4, -0.2) is 65.0 Å². The van der Waals surface area contributed by atoms with Crippen molar-refractivity contribution >= 4 is 35.5 Å². The van der Waals surface area contributed by atoms with Gasteiger partial charge in [-0.25, -0.2) is 4.98 Å². The number of carboxylic acids is 1. The number of nitrogens with one attached hydrogen (secondary N) is 3. The van der Waals surface area contributed by atoms with E-state index in [0.717, 1.165) is 0 Å². The Morgan fingerprint density at radius 3 is 2.48 bits per heavy atom. The van der Waals surface area contributed by atoms with E-state index in [2.05, 4.69) is 20.6 Å². The fraction of sp³-hybridized carbons (Fsp3) is 0.500. The minimum absolute atomic E-state index is 0.110. The van der Waals surface area contributed by atoms with Gasteiger partial charge in [0.1, 0.15) is 6.04 Å². The summed E-state index contributed by atoms with van der Waals surface area (Å²) in [7, 11) is 0. The van der Waals surface area contributed by atoms with Gasteiger partial charge in [0.05, 0.1) is 25.2 Å². The third-order valence-electron chi connectivity index (χ3n) is 3.76. The van der Waals surface area contributed by atoms with Crippen LogP contribution in [0.15, 0.2) is 15.6 Å². The molecule has 0 saturated heterocycles. The first-order valence-corrected chi connectivity index (χ1v) is 9.23. The lowest BCUT2D eigenvalue weighted by Crippen LogP contribution is -2.45. The molecule has 1 heterocycles. The highest BCUT2D eigenvalue weighted by atomic mass is 19.4. The zero-order valence-electron chi connectivity index (χ0n) is 17.0. The maximum Gasteiger partial charge on any atom is 0.471 e. The number of aliphatic imine (C=N–C) groups is 1. The smallest absolute Gasteiger partial charge is 0.471 e. The fourth-order valence-corrected chi connectivity index (χ4v) is 2.26. The van der Waals surface area contributed by atoms with Crippen LogP contribution in [0.3, 0.4) is 0 Å². The molecule has 0 aliphatic heterocycles. The number of hydrogen-bond acceptors (Lipinski definition) is 8. The predicted molar refractivity (Wildman–Crippen MR) is 105 cm³/mol. The third-order valence-corrected chi connectivity index (χ3v) is 3.76. The first kappa shape index (κ1) is 27.1. The van der Waals surface area contributed by atoms with E-state index < -0.39 is 66.7 Å². The first-order valence-electron chi connectivity index (χ1n) is 9.23. The van der Waals surface area contributed by atoms with E-state index in [1.54, 1.807) is 0 Å². The summed E-state index contributed by atoms with van der Waals surface area (Å²) in [5.41, 5.74) is 16.0. The molecule has 0 radical (unpaired) electrons. The summed E-state index contributed by atoms with van der Waals surface area (Å²) in [6.07, 6.45) is -4.61. The highest BCUT2D eigenvalue weighted by Gasteiger charge is 2.39. The molecule has 0 aliphatic carbocycles. The Kier molecular flexibility index (Phi) is 10.1. The molecule has 3 amide bonds. The molecule has 0 unspecified atom stereocenters. The summed E-state index contributed by atoms with van der Waals surface area (Å²) in [6.45, 7) is -0.336. The van der Waals surface area contributed by atoms with Crippen molar-refractivity contribution in [1.82, 2.24) is 15.6 Å². The van der Waals surface area contributed by atoms with E-state index >= 15 is 0 Å². The second-order valence-corrected chi connectivity index (χ2v) is 6.51. The van der Waals surface area contributed by atoms with Crippen molar-refractivity contribution in [2.24, 2.45) is 22.2 Å². The van der Waals surface area contributed by atoms with Gasteiger partial charge >= 0.3 is 18.1 Å². The minimum Gasteiger partial charge on any atom is -0.481 e. The molecule has 0 saturated carbocycles. The second kappa shape index (κ2) is 12.2. The Labute approximate surface area is 184 Å². The fourth-order valence-electron chi connectivity index (χ4n) is 2.26. The molecule has 33 heavy (non-hydrogen) atoms. The van der Waals surface area contributed by atoms with Crippen LogP contribution in [0.5, 0.6) is 0 Å². The molecule has 1 aromatic heterocycles. The monoisotopic (exact) mass is 480 g/mol. The standard InChI is InChI=1S/C16H23F3N8O6/c17-16(18,19)14(32)27-10-6-25-13(33-10)8(4-11(29)30)26-9(28)5-24-12(31)7(20)2-1-3-23-15(21)22/h6-8H,1-5,20H2,(H,24,31)(H,26,28)(H,27,32)(H,29,30)(H4,21,22,23)/t7-,8-/m0/s1. The molecule has 14 nitrogen and oxygen atoms in total. The van der Waals surface area contributed by atoms with Gasteiger partial charge in [0.25, 0.3) is 0 Å². The van der Waals surface area contributed by atoms with Crippen LogP contribution in [0.25, 0.3) is 0 Å². The number of rotatable bonds is 12. The number of hydrogen-bond donors (Lipinski definition) is 7. The minimum atomic E-state index is -5.19. The highest BCUT2D eigenvalue weighted by molar-refractivity contribution is 5.93. The molecule has 0 fully saturated rings. The number of carbonyl (C=O) groups is 4. The van der Waals surface area contributed by atoms with Crippen LogP contribution in [0.2, 0.25) is 0 Å². The molecular formula is C16H23F3N8O6. The number of nitrogens with two attached hydrogens (primary N) is 3. The normalized spacial score (nSPS) is 12.8. The van der Waals surface area contributed by atoms with E-state index in [1.165, 1.54) is 5.32 Å². The number of anilines is 1. The Morgan fingerprint density at radius 2 is 1.91 bits per heavy atom. The number of guanidine groups is 1. The summed E-state index contributed by atoms with van der Waals surface area (Å²) in [5.74, 6) is -6.56. The summed E-state index contributed by atoms with van der Waals surface area (Å²) < 4.78 is 41.8. The number of nitrogens with zero attached hydrogens (tertiary/aromatic N) is 2. The van der Waals surface area contributed by atoms with Gasteiger partial charge in [0, 0.05) is 6.54 Å². The third kappa shape index (κ3) is 10.3. The zero-order chi connectivity index (χ0) is 25.2. The van der Waals surface area contributed by atoms with Crippen molar-refractivity contribution in [3.8, 4) is 0 Å². The van der Waals surface area contributed by atoms with Crippen LogP contribution in [0, 0.1) is 0 Å². The van der Waals surface area contributed by atoms with Gasteiger partial charge in [-0.15, -0.1) is 0 Å². The van der Waals surface area contributed by atoms with E-state index in [4.69, 9.17) is 26.7 Å². The molecule has 0 aliphatic rings. The number of aliphatic carboxylic acids is 1. The molecule has 0 bridgehead atoms. The largest absolute Gasteiger partial charge is 0.481 e. The van der Waals surface area contributed by atoms with Crippen LogP contribution in [0.1, 0.15) is 31.2 Å². The molecule has 1 aromatic rings. The molecule has 2 atom stereocenters. The van der Waals surface area contributed by atoms with Gasteiger partial charge in [0.15, 0.2) is 5.96 Å². The number of carboxylic acid groups (broad SMARTS) is 1. The van der Waals surface area contributed by atoms with E-state index in [0.29, 0.717) is 12.6 Å². The SMILES string of the molecule is NC(N)=NCCC[C@H](N)C(=O)NCC(=O)N[C@@H](CC(=O)O)c1ncc(NC(=O)C(F)(F)F)o1. The van der Waals surface area contributed by atoms with Gasteiger partial charge in [-0.2, -0.15) is 13.2 Å². The molecule has 0 spiro atoms. The summed E-state index contributed by atoms with van der Waals surface area (Å²) >= 11 is 0. The summed E-state index contributed by atoms with van der Waals surface area (Å²) in [6, 6.07) is -2.37. The lowest BCUT2D eigenvalue weighted by Gasteiger charge is -2.15. The van der Waals surface area contributed by atoms with E-state index in [-0.39, 0.29) is 18.9 Å². The van der Waals surface area contributed by atoms with E-state index in [1.807, 2.05) is 0 Å². The number of halogens is 3. The number of oxazole rings is 1. The Hall–Kier alpha value is -3.89. The molecular weight excluding hydrogens is 457 g/mol. The van der Waals surface area contributed by atoms with Gasteiger partial charge in [-0.1, -0.05) is 0 Å². The van der Waals surface area contributed by atoms with Crippen molar-refractivity contribution in [3.63, 3.8) is 0 Å². The Balaban J connectivity index is 2.64. The van der Waals surface area contributed by atoms with Crippen LogP contribution >= 0.6 is 0 Å². The second-order valence-electron chi connectivity index (χ2n) is 6.51. The molecule has 184 valence electrons. The number of aromatic nitrogens is 1. The number of carbonyl (C=O) groups excluding carboxylic acids is 3.